The van der Waals surface area contributed by atoms with Crippen LogP contribution in [0.3, 0.4) is 0 Å². The summed E-state index contributed by atoms with van der Waals surface area (Å²) < 4.78 is 5.16. The van der Waals surface area contributed by atoms with Crippen LogP contribution in [0.1, 0.15) is 34.9 Å². The zero-order chi connectivity index (χ0) is 16.9. The van der Waals surface area contributed by atoms with Crippen LogP contribution in [0.2, 0.25) is 0 Å². The molecule has 1 N–H and O–H groups in total. The monoisotopic (exact) mass is 325 g/mol. The lowest BCUT2D eigenvalue weighted by Gasteiger charge is -2.35. The van der Waals surface area contributed by atoms with Crippen LogP contribution in [-0.4, -0.2) is 36.1 Å². The lowest BCUT2D eigenvalue weighted by molar-refractivity contribution is 0.0401. The summed E-state index contributed by atoms with van der Waals surface area (Å²) in [4.78, 5) is 14.5. The molecule has 1 unspecified atom stereocenters. The Bertz CT molecular complexity index is 669. The number of ether oxygens (including phenoxy) is 1. The molecule has 1 aliphatic rings. The minimum atomic E-state index is -0.567. The van der Waals surface area contributed by atoms with Gasteiger partial charge in [0.2, 0.25) is 0 Å². The predicted octanol–water partition coefficient (Wildman–Crippen LogP) is 3.28. The SMILES string of the molecule is COc1ccc([C@H](O)C2CCCN(C(=O)c3ccccc3)C2)cc1. The van der Waals surface area contributed by atoms with Gasteiger partial charge in [0.05, 0.1) is 13.2 Å². The number of amides is 1. The van der Waals surface area contributed by atoms with E-state index in [-0.39, 0.29) is 11.8 Å². The van der Waals surface area contributed by atoms with Gasteiger partial charge in [-0.15, -0.1) is 0 Å². The number of carbonyl (C=O) groups is 1. The van der Waals surface area contributed by atoms with E-state index in [0.29, 0.717) is 12.1 Å². The molecule has 0 aromatic heterocycles. The molecular weight excluding hydrogens is 302 g/mol. The molecule has 0 radical (unpaired) electrons. The van der Waals surface area contributed by atoms with E-state index in [1.54, 1.807) is 7.11 Å². The van der Waals surface area contributed by atoms with Gasteiger partial charge >= 0.3 is 0 Å². The van der Waals surface area contributed by atoms with Crippen molar-refractivity contribution in [2.75, 3.05) is 20.2 Å². The van der Waals surface area contributed by atoms with E-state index in [0.717, 1.165) is 30.7 Å². The fourth-order valence-corrected chi connectivity index (χ4v) is 3.29. The average molecular weight is 325 g/mol. The van der Waals surface area contributed by atoms with Crippen LogP contribution in [0.5, 0.6) is 5.75 Å². The second kappa shape index (κ2) is 7.49. The van der Waals surface area contributed by atoms with Crippen molar-refractivity contribution in [2.45, 2.75) is 18.9 Å². The molecule has 1 heterocycles. The van der Waals surface area contributed by atoms with Gasteiger partial charge in [0.1, 0.15) is 5.75 Å². The Morgan fingerprint density at radius 2 is 1.88 bits per heavy atom. The first kappa shape index (κ1) is 16.5. The van der Waals surface area contributed by atoms with E-state index >= 15 is 0 Å². The second-order valence-electron chi connectivity index (χ2n) is 6.24. The van der Waals surface area contributed by atoms with Gasteiger partial charge < -0.3 is 14.7 Å². The van der Waals surface area contributed by atoms with Gasteiger partial charge in [0, 0.05) is 24.6 Å². The molecule has 126 valence electrons. The second-order valence-corrected chi connectivity index (χ2v) is 6.24. The molecule has 1 aliphatic heterocycles. The van der Waals surface area contributed by atoms with Crippen LogP contribution in [-0.2, 0) is 0 Å². The van der Waals surface area contributed by atoms with E-state index in [4.69, 9.17) is 4.74 Å². The first-order valence-electron chi connectivity index (χ1n) is 8.35. The molecule has 24 heavy (non-hydrogen) atoms. The quantitative estimate of drug-likeness (QED) is 0.938. The standard InChI is InChI=1S/C20H23NO3/c1-24-18-11-9-15(10-12-18)19(22)17-8-5-13-21(14-17)20(23)16-6-3-2-4-7-16/h2-4,6-7,9-12,17,19,22H,5,8,13-14H2,1H3/t17?,19-/m0/s1. The highest BCUT2D eigenvalue weighted by Gasteiger charge is 2.29. The highest BCUT2D eigenvalue weighted by molar-refractivity contribution is 5.94. The van der Waals surface area contributed by atoms with Crippen molar-refractivity contribution in [3.05, 3.63) is 65.7 Å². The Labute approximate surface area is 142 Å². The van der Waals surface area contributed by atoms with Crippen LogP contribution in [0, 0.1) is 5.92 Å². The summed E-state index contributed by atoms with van der Waals surface area (Å²) in [5.74, 6) is 0.873. The van der Waals surface area contributed by atoms with Crippen LogP contribution >= 0.6 is 0 Å². The smallest absolute Gasteiger partial charge is 0.253 e. The summed E-state index contributed by atoms with van der Waals surface area (Å²) in [6.45, 7) is 1.33. The molecule has 0 spiro atoms. The largest absolute Gasteiger partial charge is 0.497 e. The Morgan fingerprint density at radius 3 is 2.54 bits per heavy atom. The molecule has 1 fully saturated rings. The number of aliphatic hydroxyl groups is 1. The first-order chi connectivity index (χ1) is 11.7. The molecule has 4 heteroatoms. The molecule has 0 saturated carbocycles. The third-order valence-corrected chi connectivity index (χ3v) is 4.67. The normalized spacial score (nSPS) is 18.9. The van der Waals surface area contributed by atoms with Gasteiger partial charge in [-0.3, -0.25) is 4.79 Å². The summed E-state index contributed by atoms with van der Waals surface area (Å²) in [6, 6.07) is 16.8. The molecule has 2 aromatic rings. The number of piperidine rings is 1. The molecule has 2 aromatic carbocycles. The first-order valence-corrected chi connectivity index (χ1v) is 8.35. The van der Waals surface area contributed by atoms with Gasteiger partial charge in [-0.25, -0.2) is 0 Å². The number of hydrogen-bond donors (Lipinski definition) is 1. The molecule has 2 atom stereocenters. The average Bonchev–Trinajstić information content (AvgIpc) is 2.67. The lowest BCUT2D eigenvalue weighted by Crippen LogP contribution is -2.41. The number of nitrogens with zero attached hydrogens (tertiary/aromatic N) is 1. The number of carbonyl (C=O) groups excluding carboxylic acids is 1. The fraction of sp³-hybridized carbons (Fsp3) is 0.350. The number of hydrogen-bond acceptors (Lipinski definition) is 3. The molecule has 4 nitrogen and oxygen atoms in total. The van der Waals surface area contributed by atoms with Crippen molar-refractivity contribution < 1.29 is 14.6 Å². The third kappa shape index (κ3) is 3.60. The highest BCUT2D eigenvalue weighted by Crippen LogP contribution is 2.31. The number of aliphatic hydroxyl groups excluding tert-OH is 1. The van der Waals surface area contributed by atoms with E-state index in [2.05, 4.69) is 0 Å². The molecule has 0 aliphatic carbocycles. The van der Waals surface area contributed by atoms with Crippen LogP contribution in [0.4, 0.5) is 0 Å². The molecule has 1 amide bonds. The van der Waals surface area contributed by atoms with Crippen LogP contribution in [0.15, 0.2) is 54.6 Å². The van der Waals surface area contributed by atoms with Crippen molar-refractivity contribution in [2.24, 2.45) is 5.92 Å². The van der Waals surface area contributed by atoms with E-state index < -0.39 is 6.10 Å². The summed E-state index contributed by atoms with van der Waals surface area (Å²) in [5.41, 5.74) is 1.58. The number of benzene rings is 2. The maximum absolute atomic E-state index is 12.6. The van der Waals surface area contributed by atoms with E-state index in [1.807, 2.05) is 59.5 Å². The zero-order valence-corrected chi connectivity index (χ0v) is 13.9. The van der Waals surface area contributed by atoms with Gasteiger partial charge in [-0.05, 0) is 42.7 Å². The molecule has 0 bridgehead atoms. The van der Waals surface area contributed by atoms with Gasteiger partial charge in [0.25, 0.3) is 5.91 Å². The Kier molecular flexibility index (Phi) is 5.16. The lowest BCUT2D eigenvalue weighted by atomic mass is 9.88. The summed E-state index contributed by atoms with van der Waals surface area (Å²) >= 11 is 0. The Hall–Kier alpha value is -2.33. The Balaban J connectivity index is 1.69. The van der Waals surface area contributed by atoms with Crippen LogP contribution < -0.4 is 4.74 Å². The molecule has 3 rings (SSSR count). The maximum atomic E-state index is 12.6. The summed E-state index contributed by atoms with van der Waals surface area (Å²) in [6.07, 6.45) is 1.27. The summed E-state index contributed by atoms with van der Waals surface area (Å²) in [5, 5.41) is 10.7. The summed E-state index contributed by atoms with van der Waals surface area (Å²) in [7, 11) is 1.62. The van der Waals surface area contributed by atoms with Crippen molar-refractivity contribution in [3.8, 4) is 5.75 Å². The van der Waals surface area contributed by atoms with Crippen molar-refractivity contribution in [3.63, 3.8) is 0 Å². The molecular formula is C20H23NO3. The van der Waals surface area contributed by atoms with E-state index in [1.165, 1.54) is 0 Å². The maximum Gasteiger partial charge on any atom is 0.253 e. The van der Waals surface area contributed by atoms with Crippen molar-refractivity contribution >= 4 is 5.91 Å². The Morgan fingerprint density at radius 1 is 1.17 bits per heavy atom. The van der Waals surface area contributed by atoms with Gasteiger partial charge in [0.15, 0.2) is 0 Å². The number of likely N-dealkylation sites (tertiary alicyclic amines) is 1. The minimum absolute atomic E-state index is 0.0437. The minimum Gasteiger partial charge on any atom is -0.497 e. The number of rotatable bonds is 4. The fourth-order valence-electron chi connectivity index (χ4n) is 3.29. The molecule has 1 saturated heterocycles. The topological polar surface area (TPSA) is 49.8 Å². The third-order valence-electron chi connectivity index (χ3n) is 4.67. The van der Waals surface area contributed by atoms with Gasteiger partial charge in [-0.2, -0.15) is 0 Å². The van der Waals surface area contributed by atoms with Crippen molar-refractivity contribution in [1.29, 1.82) is 0 Å². The predicted molar refractivity (Wildman–Crippen MR) is 93.0 cm³/mol. The van der Waals surface area contributed by atoms with Gasteiger partial charge in [-0.1, -0.05) is 30.3 Å². The van der Waals surface area contributed by atoms with Crippen LogP contribution in [0.25, 0.3) is 0 Å². The number of methoxy groups -OCH3 is 1. The highest BCUT2D eigenvalue weighted by atomic mass is 16.5. The van der Waals surface area contributed by atoms with Crippen molar-refractivity contribution in [1.82, 2.24) is 4.90 Å². The van der Waals surface area contributed by atoms with E-state index in [9.17, 15) is 9.90 Å². The zero-order valence-electron chi connectivity index (χ0n) is 13.9.